The Morgan fingerprint density at radius 1 is 1.42 bits per heavy atom. The van der Waals surface area contributed by atoms with Crippen molar-refractivity contribution in [1.82, 2.24) is 4.98 Å². The number of benzene rings is 1. The highest BCUT2D eigenvalue weighted by atomic mass is 16.5. The van der Waals surface area contributed by atoms with Gasteiger partial charge >= 0.3 is 0 Å². The van der Waals surface area contributed by atoms with Crippen molar-refractivity contribution in [2.24, 2.45) is 5.10 Å². The Hall–Kier alpha value is -3.11. The van der Waals surface area contributed by atoms with Crippen LogP contribution in [0.5, 0.6) is 11.5 Å². The maximum Gasteiger partial charge on any atom is 0.166 e. The van der Waals surface area contributed by atoms with E-state index in [9.17, 15) is 10.4 Å². The minimum atomic E-state index is -0.0108. The van der Waals surface area contributed by atoms with Crippen LogP contribution in [0.4, 0.5) is 5.82 Å². The number of nitrogens with one attached hydrogen (secondary N) is 1. The molecule has 0 aliphatic carbocycles. The molecule has 7 nitrogen and oxygen atoms in total. The van der Waals surface area contributed by atoms with Crippen molar-refractivity contribution in [3.8, 4) is 17.6 Å². The number of aryl methyl sites for hydroxylation is 1. The number of aromatic hydroxyl groups is 1. The van der Waals surface area contributed by atoms with Crippen molar-refractivity contribution in [2.45, 2.75) is 13.5 Å². The van der Waals surface area contributed by atoms with Gasteiger partial charge < -0.3 is 14.6 Å². The molecule has 0 saturated carbocycles. The summed E-state index contributed by atoms with van der Waals surface area (Å²) < 4.78 is 10.1. The first-order valence-corrected chi connectivity index (χ1v) is 7.15. The molecule has 1 aromatic heterocycles. The molecule has 0 aliphatic heterocycles. The van der Waals surface area contributed by atoms with Gasteiger partial charge in [0.2, 0.25) is 0 Å². The number of para-hydroxylation sites is 1. The third-order valence-electron chi connectivity index (χ3n) is 3.27. The lowest BCUT2D eigenvalue weighted by atomic mass is 10.1. The SMILES string of the molecule is COCc1cc(C)nc(N/N=C/c2cccc(OC)c2O)c1C#N. The smallest absolute Gasteiger partial charge is 0.166 e. The molecule has 1 aromatic carbocycles. The number of nitriles is 1. The molecule has 0 fully saturated rings. The number of ether oxygens (including phenoxy) is 2. The van der Waals surface area contributed by atoms with Crippen molar-refractivity contribution >= 4 is 12.0 Å². The summed E-state index contributed by atoms with van der Waals surface area (Å²) in [5.74, 6) is 0.680. The predicted octanol–water partition coefficient (Wildman–Crippen LogP) is 2.57. The molecular weight excluding hydrogens is 308 g/mol. The molecule has 7 heteroatoms. The summed E-state index contributed by atoms with van der Waals surface area (Å²) in [5.41, 5.74) is 5.06. The Bertz CT molecular complexity index is 797. The van der Waals surface area contributed by atoms with Crippen molar-refractivity contribution < 1.29 is 14.6 Å². The number of anilines is 1. The zero-order valence-corrected chi connectivity index (χ0v) is 13.7. The number of phenols is 1. The summed E-state index contributed by atoms with van der Waals surface area (Å²) in [5, 5.41) is 23.4. The van der Waals surface area contributed by atoms with Gasteiger partial charge in [0.25, 0.3) is 0 Å². The quantitative estimate of drug-likeness (QED) is 0.625. The van der Waals surface area contributed by atoms with E-state index in [-0.39, 0.29) is 5.75 Å². The van der Waals surface area contributed by atoms with Gasteiger partial charge in [0.1, 0.15) is 11.6 Å². The molecule has 2 aromatic rings. The predicted molar refractivity (Wildman–Crippen MR) is 90.3 cm³/mol. The van der Waals surface area contributed by atoms with Crippen LogP contribution in [0.15, 0.2) is 29.4 Å². The number of hydrazone groups is 1. The van der Waals surface area contributed by atoms with Gasteiger partial charge in [-0.2, -0.15) is 10.4 Å². The lowest BCUT2D eigenvalue weighted by molar-refractivity contribution is 0.184. The maximum absolute atomic E-state index is 10.0. The highest BCUT2D eigenvalue weighted by Gasteiger charge is 2.11. The Morgan fingerprint density at radius 2 is 2.21 bits per heavy atom. The molecule has 2 rings (SSSR count). The summed E-state index contributed by atoms with van der Waals surface area (Å²) >= 11 is 0. The number of hydrogen-bond acceptors (Lipinski definition) is 7. The fourth-order valence-corrected chi connectivity index (χ4v) is 2.19. The van der Waals surface area contributed by atoms with Crippen LogP contribution in [0, 0.1) is 18.3 Å². The van der Waals surface area contributed by atoms with E-state index in [0.29, 0.717) is 29.3 Å². The van der Waals surface area contributed by atoms with Crippen molar-refractivity contribution in [3.63, 3.8) is 0 Å². The summed E-state index contributed by atoms with van der Waals surface area (Å²) in [6.45, 7) is 2.13. The van der Waals surface area contributed by atoms with Crippen LogP contribution in [-0.4, -0.2) is 30.5 Å². The van der Waals surface area contributed by atoms with Crippen LogP contribution in [0.25, 0.3) is 0 Å². The number of pyridine rings is 1. The number of methoxy groups -OCH3 is 2. The topological polar surface area (TPSA) is 99.8 Å². The maximum atomic E-state index is 10.0. The van der Waals surface area contributed by atoms with E-state index in [4.69, 9.17) is 9.47 Å². The molecule has 2 N–H and O–H groups in total. The van der Waals surface area contributed by atoms with Crippen molar-refractivity contribution in [1.29, 1.82) is 5.26 Å². The third-order valence-corrected chi connectivity index (χ3v) is 3.27. The standard InChI is InChI=1S/C17H18N4O3/c1-11-7-13(10-23-2)14(8-18)17(20-11)21-19-9-12-5-4-6-15(24-3)16(12)22/h4-7,9,22H,10H2,1-3H3,(H,20,21)/b19-9+. The van der Waals surface area contributed by atoms with E-state index in [0.717, 1.165) is 11.3 Å². The van der Waals surface area contributed by atoms with Gasteiger partial charge in [-0.3, -0.25) is 5.43 Å². The van der Waals surface area contributed by atoms with Gasteiger partial charge in [-0.15, -0.1) is 0 Å². The van der Waals surface area contributed by atoms with Crippen LogP contribution in [0.2, 0.25) is 0 Å². The highest BCUT2D eigenvalue weighted by Crippen LogP contribution is 2.28. The average molecular weight is 326 g/mol. The third kappa shape index (κ3) is 3.80. The van der Waals surface area contributed by atoms with Crippen LogP contribution in [0.1, 0.15) is 22.4 Å². The van der Waals surface area contributed by atoms with Gasteiger partial charge in [0, 0.05) is 23.9 Å². The monoisotopic (exact) mass is 326 g/mol. The lowest BCUT2D eigenvalue weighted by Crippen LogP contribution is -2.03. The summed E-state index contributed by atoms with van der Waals surface area (Å²) in [6, 6.07) is 8.98. The fourth-order valence-electron chi connectivity index (χ4n) is 2.19. The van der Waals surface area contributed by atoms with Crippen LogP contribution < -0.4 is 10.2 Å². The number of phenolic OH excluding ortho intramolecular Hbond substituents is 1. The van der Waals surface area contributed by atoms with E-state index in [1.165, 1.54) is 13.3 Å². The van der Waals surface area contributed by atoms with E-state index in [1.807, 2.05) is 6.92 Å². The van der Waals surface area contributed by atoms with E-state index < -0.39 is 0 Å². The molecule has 0 amide bonds. The molecule has 0 radical (unpaired) electrons. The minimum Gasteiger partial charge on any atom is -0.504 e. The minimum absolute atomic E-state index is 0.0108. The second-order valence-electron chi connectivity index (χ2n) is 4.96. The highest BCUT2D eigenvalue weighted by molar-refractivity contribution is 5.85. The largest absolute Gasteiger partial charge is 0.504 e. The second-order valence-corrected chi connectivity index (χ2v) is 4.96. The number of nitrogens with zero attached hydrogens (tertiary/aromatic N) is 3. The molecule has 1 heterocycles. The van der Waals surface area contributed by atoms with Gasteiger partial charge in [-0.05, 0) is 25.1 Å². The van der Waals surface area contributed by atoms with E-state index in [1.54, 1.807) is 31.4 Å². The first-order chi connectivity index (χ1) is 11.6. The second kappa shape index (κ2) is 7.94. The Morgan fingerprint density at radius 3 is 2.88 bits per heavy atom. The normalized spacial score (nSPS) is 10.6. The molecule has 0 unspecified atom stereocenters. The Labute approximate surface area is 140 Å². The summed E-state index contributed by atoms with van der Waals surface area (Å²) in [4.78, 5) is 4.28. The fraction of sp³-hybridized carbons (Fsp3) is 0.235. The zero-order chi connectivity index (χ0) is 17.5. The molecule has 0 saturated heterocycles. The van der Waals surface area contributed by atoms with Crippen LogP contribution >= 0.6 is 0 Å². The number of hydrogen-bond donors (Lipinski definition) is 2. The van der Waals surface area contributed by atoms with Gasteiger partial charge in [-0.25, -0.2) is 4.98 Å². The average Bonchev–Trinajstić information content (AvgIpc) is 2.56. The zero-order valence-electron chi connectivity index (χ0n) is 13.7. The Kier molecular flexibility index (Phi) is 5.71. The molecule has 0 spiro atoms. The molecule has 0 bridgehead atoms. The summed E-state index contributed by atoms with van der Waals surface area (Å²) in [7, 11) is 3.04. The molecule has 24 heavy (non-hydrogen) atoms. The van der Waals surface area contributed by atoms with E-state index in [2.05, 4.69) is 21.6 Å². The van der Waals surface area contributed by atoms with Crippen LogP contribution in [-0.2, 0) is 11.3 Å². The van der Waals surface area contributed by atoms with Crippen LogP contribution in [0.3, 0.4) is 0 Å². The van der Waals surface area contributed by atoms with Crippen molar-refractivity contribution in [3.05, 3.63) is 46.6 Å². The number of rotatable bonds is 6. The molecular formula is C17H18N4O3. The lowest BCUT2D eigenvalue weighted by Gasteiger charge is -2.09. The van der Waals surface area contributed by atoms with Gasteiger partial charge in [0.05, 0.1) is 19.9 Å². The molecule has 124 valence electrons. The number of aromatic nitrogens is 1. The molecule has 0 aliphatic rings. The first-order valence-electron chi connectivity index (χ1n) is 7.15. The first kappa shape index (κ1) is 17.2. The van der Waals surface area contributed by atoms with Gasteiger partial charge in [0.15, 0.2) is 17.3 Å². The van der Waals surface area contributed by atoms with Crippen molar-refractivity contribution in [2.75, 3.05) is 19.6 Å². The summed E-state index contributed by atoms with van der Waals surface area (Å²) in [6.07, 6.45) is 1.43. The van der Waals surface area contributed by atoms with Gasteiger partial charge in [-0.1, -0.05) is 6.07 Å². The van der Waals surface area contributed by atoms with E-state index >= 15 is 0 Å². The molecule has 0 atom stereocenters. The Balaban J connectivity index is 2.28.